The van der Waals surface area contributed by atoms with Gasteiger partial charge >= 0.3 is 0 Å². The third-order valence-electron chi connectivity index (χ3n) is 3.11. The summed E-state index contributed by atoms with van der Waals surface area (Å²) in [5.41, 5.74) is 0. The van der Waals surface area contributed by atoms with Crippen molar-refractivity contribution >= 4 is 5.78 Å². The van der Waals surface area contributed by atoms with E-state index in [0.717, 1.165) is 25.7 Å². The van der Waals surface area contributed by atoms with Gasteiger partial charge in [-0.05, 0) is 12.8 Å². The third kappa shape index (κ3) is 4.76. The Bertz CT molecular complexity index is 173. The summed E-state index contributed by atoms with van der Waals surface area (Å²) in [5, 5.41) is 19.0. The van der Waals surface area contributed by atoms with Crippen LogP contribution < -0.4 is 0 Å². The molecule has 0 unspecified atom stereocenters. The van der Waals surface area contributed by atoms with E-state index in [4.69, 9.17) is 0 Å². The molecule has 0 aromatic heterocycles. The van der Waals surface area contributed by atoms with E-state index in [0.29, 0.717) is 12.8 Å². The molecule has 0 radical (unpaired) electrons. The highest BCUT2D eigenvalue weighted by atomic mass is 16.3. The second kappa shape index (κ2) is 6.96. The minimum atomic E-state index is -0.945. The smallest absolute Gasteiger partial charge is 0.189 e. The van der Waals surface area contributed by atoms with Gasteiger partial charge in [0.05, 0.1) is 0 Å². The maximum absolute atomic E-state index is 11.5. The summed E-state index contributed by atoms with van der Waals surface area (Å²) in [6.07, 6.45) is 6.71. The lowest BCUT2D eigenvalue weighted by molar-refractivity contribution is -0.136. The van der Waals surface area contributed by atoms with Crippen molar-refractivity contribution in [3.63, 3.8) is 0 Å². The highest BCUT2D eigenvalue weighted by Gasteiger charge is 2.22. The van der Waals surface area contributed by atoms with Crippen LogP contribution in [0.2, 0.25) is 0 Å². The monoisotopic (exact) mass is 214 g/mol. The molecule has 88 valence electrons. The van der Waals surface area contributed by atoms with Crippen LogP contribution in [0.25, 0.3) is 0 Å². The number of aliphatic hydroxyl groups is 2. The number of ketones is 1. The fourth-order valence-corrected chi connectivity index (χ4v) is 2.07. The lowest BCUT2D eigenvalue weighted by Crippen LogP contribution is -2.32. The summed E-state index contributed by atoms with van der Waals surface area (Å²) in [6.45, 7) is 0. The molecule has 1 aliphatic carbocycles. The number of hydrogen-bond donors (Lipinski definition) is 2. The van der Waals surface area contributed by atoms with Crippen molar-refractivity contribution in [1.82, 2.24) is 0 Å². The number of carbonyl (C=O) groups excluding carboxylic acids is 1. The molecular weight excluding hydrogens is 192 g/mol. The Kier molecular flexibility index (Phi) is 5.88. The van der Waals surface area contributed by atoms with Crippen molar-refractivity contribution in [2.75, 3.05) is 0 Å². The maximum atomic E-state index is 11.5. The number of rotatable bonds is 0. The van der Waals surface area contributed by atoms with Crippen molar-refractivity contribution in [3.05, 3.63) is 0 Å². The van der Waals surface area contributed by atoms with E-state index in [2.05, 4.69) is 0 Å². The standard InChI is InChI=1S/C12H22O3/c13-10-8-6-4-2-1-3-5-7-9-11(14)12(10)15/h10-11,13-14H,1-9H2/t10-,11+. The lowest BCUT2D eigenvalue weighted by atomic mass is 9.97. The Balaban J connectivity index is 2.40. The predicted molar refractivity (Wildman–Crippen MR) is 58.6 cm³/mol. The van der Waals surface area contributed by atoms with Gasteiger partial charge < -0.3 is 10.2 Å². The van der Waals surface area contributed by atoms with E-state index in [1.807, 2.05) is 0 Å². The molecule has 0 aliphatic heterocycles. The van der Waals surface area contributed by atoms with Gasteiger partial charge in [0.15, 0.2) is 5.78 Å². The Morgan fingerprint density at radius 3 is 1.47 bits per heavy atom. The highest BCUT2D eigenvalue weighted by molar-refractivity contribution is 5.86. The summed E-state index contributed by atoms with van der Waals surface area (Å²) in [7, 11) is 0. The molecule has 0 aromatic rings. The van der Waals surface area contributed by atoms with Crippen LogP contribution >= 0.6 is 0 Å². The predicted octanol–water partition coefficient (Wildman–Crippen LogP) is 1.80. The summed E-state index contributed by atoms with van der Waals surface area (Å²) in [5.74, 6) is -0.379. The van der Waals surface area contributed by atoms with E-state index < -0.39 is 12.2 Å². The molecule has 3 heteroatoms. The van der Waals surface area contributed by atoms with Gasteiger partial charge in [-0.25, -0.2) is 0 Å². The zero-order chi connectivity index (χ0) is 11.1. The molecule has 2 N–H and O–H groups in total. The summed E-state index contributed by atoms with van der Waals surface area (Å²) in [4.78, 5) is 11.5. The van der Waals surface area contributed by atoms with Gasteiger partial charge in [-0.3, -0.25) is 4.79 Å². The number of aliphatic hydroxyl groups excluding tert-OH is 2. The second-order valence-corrected chi connectivity index (χ2v) is 4.49. The molecular formula is C12H22O3. The Hall–Kier alpha value is -0.410. The van der Waals surface area contributed by atoms with Gasteiger partial charge in [-0.1, -0.05) is 44.9 Å². The molecule has 1 saturated carbocycles. The molecule has 0 amide bonds. The van der Waals surface area contributed by atoms with E-state index in [1.54, 1.807) is 0 Å². The maximum Gasteiger partial charge on any atom is 0.189 e. The average molecular weight is 214 g/mol. The van der Waals surface area contributed by atoms with Crippen LogP contribution in [0.4, 0.5) is 0 Å². The van der Waals surface area contributed by atoms with Gasteiger partial charge in [0.25, 0.3) is 0 Å². The topological polar surface area (TPSA) is 57.5 Å². The minimum Gasteiger partial charge on any atom is -0.385 e. The molecule has 0 bridgehead atoms. The molecule has 0 aromatic carbocycles. The molecule has 1 fully saturated rings. The quantitative estimate of drug-likeness (QED) is 0.646. The van der Waals surface area contributed by atoms with Gasteiger partial charge in [0, 0.05) is 0 Å². The van der Waals surface area contributed by atoms with Crippen LogP contribution in [0.15, 0.2) is 0 Å². The molecule has 0 saturated heterocycles. The summed E-state index contributed by atoms with van der Waals surface area (Å²) >= 11 is 0. The normalized spacial score (nSPS) is 31.7. The van der Waals surface area contributed by atoms with Crippen LogP contribution in [0.5, 0.6) is 0 Å². The Morgan fingerprint density at radius 2 is 1.07 bits per heavy atom. The third-order valence-corrected chi connectivity index (χ3v) is 3.11. The first kappa shape index (κ1) is 12.7. The average Bonchev–Trinajstić information content (AvgIpc) is 2.23. The number of hydrogen-bond acceptors (Lipinski definition) is 3. The van der Waals surface area contributed by atoms with Gasteiger partial charge in [-0.2, -0.15) is 0 Å². The van der Waals surface area contributed by atoms with Crippen LogP contribution in [0.1, 0.15) is 57.8 Å². The largest absolute Gasteiger partial charge is 0.385 e. The van der Waals surface area contributed by atoms with Gasteiger partial charge in [0.2, 0.25) is 0 Å². The van der Waals surface area contributed by atoms with Crippen molar-refractivity contribution in [1.29, 1.82) is 0 Å². The van der Waals surface area contributed by atoms with Gasteiger partial charge in [0.1, 0.15) is 12.2 Å². The lowest BCUT2D eigenvalue weighted by Gasteiger charge is -2.15. The number of carbonyl (C=O) groups is 1. The van der Waals surface area contributed by atoms with E-state index in [1.165, 1.54) is 19.3 Å². The fourth-order valence-electron chi connectivity index (χ4n) is 2.07. The first-order valence-corrected chi connectivity index (χ1v) is 6.11. The SMILES string of the molecule is O=C1[C@H](O)CCCCCCCCC[C@@H]1O. The van der Waals surface area contributed by atoms with Crippen LogP contribution in [0, 0.1) is 0 Å². The van der Waals surface area contributed by atoms with Crippen LogP contribution in [0.3, 0.4) is 0 Å². The second-order valence-electron chi connectivity index (χ2n) is 4.49. The van der Waals surface area contributed by atoms with Gasteiger partial charge in [-0.15, -0.1) is 0 Å². The summed E-state index contributed by atoms with van der Waals surface area (Å²) in [6, 6.07) is 0. The molecule has 3 nitrogen and oxygen atoms in total. The first-order chi connectivity index (χ1) is 7.22. The van der Waals surface area contributed by atoms with Crippen molar-refractivity contribution in [3.8, 4) is 0 Å². The van der Waals surface area contributed by atoms with E-state index in [9.17, 15) is 15.0 Å². The van der Waals surface area contributed by atoms with Crippen LogP contribution in [-0.4, -0.2) is 28.2 Å². The van der Waals surface area contributed by atoms with Crippen molar-refractivity contribution in [2.24, 2.45) is 0 Å². The van der Waals surface area contributed by atoms with Crippen molar-refractivity contribution in [2.45, 2.75) is 70.0 Å². The minimum absolute atomic E-state index is 0.379. The molecule has 1 aliphatic rings. The molecule has 0 spiro atoms. The first-order valence-electron chi connectivity index (χ1n) is 6.11. The highest BCUT2D eigenvalue weighted by Crippen LogP contribution is 2.15. The zero-order valence-electron chi connectivity index (χ0n) is 9.32. The fraction of sp³-hybridized carbons (Fsp3) is 0.917. The summed E-state index contributed by atoms with van der Waals surface area (Å²) < 4.78 is 0. The molecule has 0 heterocycles. The van der Waals surface area contributed by atoms with Crippen LogP contribution in [-0.2, 0) is 4.79 Å². The zero-order valence-corrected chi connectivity index (χ0v) is 9.32. The molecule has 15 heavy (non-hydrogen) atoms. The number of Topliss-reactive ketones (excluding diaryl/α,β-unsaturated/α-hetero) is 1. The molecule has 1 rings (SSSR count). The molecule has 2 atom stereocenters. The van der Waals surface area contributed by atoms with E-state index >= 15 is 0 Å². The Morgan fingerprint density at radius 1 is 0.733 bits per heavy atom. The Labute approximate surface area is 91.5 Å². The van der Waals surface area contributed by atoms with Crippen molar-refractivity contribution < 1.29 is 15.0 Å². The van der Waals surface area contributed by atoms with E-state index in [-0.39, 0.29) is 5.78 Å².